The van der Waals surface area contributed by atoms with Crippen LogP contribution in [0, 0.1) is 41.4 Å². The lowest BCUT2D eigenvalue weighted by molar-refractivity contribution is -0.0547. The van der Waals surface area contributed by atoms with E-state index < -0.39 is 6.67 Å². The molecule has 3 saturated carbocycles. The quantitative estimate of drug-likeness (QED) is 0.376. The molecule has 4 rings (SSSR count). The highest BCUT2D eigenvalue weighted by Gasteiger charge is 2.33. The Labute approximate surface area is 196 Å². The van der Waals surface area contributed by atoms with E-state index in [-0.39, 0.29) is 11.7 Å². The summed E-state index contributed by atoms with van der Waals surface area (Å²) in [5, 5.41) is 0. The average molecular weight is 451 g/mol. The van der Waals surface area contributed by atoms with Crippen molar-refractivity contribution in [2.24, 2.45) is 41.4 Å². The van der Waals surface area contributed by atoms with E-state index in [9.17, 15) is 8.78 Å². The number of allylic oxidation sites excluding steroid dienone is 2. The molecule has 184 valence electrons. The summed E-state index contributed by atoms with van der Waals surface area (Å²) in [4.78, 5) is 0. The van der Waals surface area contributed by atoms with Gasteiger partial charge in [0.25, 0.3) is 0 Å². The summed E-state index contributed by atoms with van der Waals surface area (Å²) in [5.41, 5.74) is 0. The van der Waals surface area contributed by atoms with Crippen molar-refractivity contribution in [2.45, 2.75) is 116 Å². The molecule has 0 bridgehead atoms. The molecule has 4 aliphatic rings. The summed E-state index contributed by atoms with van der Waals surface area (Å²) in [7, 11) is 0. The van der Waals surface area contributed by atoms with Crippen molar-refractivity contribution in [2.75, 3.05) is 13.3 Å². The standard InChI is InChI=1S/C29H48F2O/c1-21-2-17-29(32-20-21)27-11-7-23(8-12-27)4-3-22-5-9-24(10-6-22)25-13-15-26(16-14-25)28(31)18-19-30/h18,21-27,29H,2-17,19-20H2,1H3/b28-18-. The minimum Gasteiger partial charge on any atom is -0.378 e. The fourth-order valence-electron chi connectivity index (χ4n) is 7.65. The van der Waals surface area contributed by atoms with Gasteiger partial charge in [-0.05, 0) is 106 Å². The fraction of sp³-hybridized carbons (Fsp3) is 0.931. The van der Waals surface area contributed by atoms with Crippen molar-refractivity contribution in [1.82, 2.24) is 0 Å². The van der Waals surface area contributed by atoms with Crippen molar-refractivity contribution in [1.29, 1.82) is 0 Å². The molecule has 0 N–H and O–H groups in total. The van der Waals surface area contributed by atoms with Gasteiger partial charge in [-0.3, -0.25) is 0 Å². The van der Waals surface area contributed by atoms with Gasteiger partial charge in [0.05, 0.1) is 6.10 Å². The van der Waals surface area contributed by atoms with Gasteiger partial charge in [0.1, 0.15) is 12.5 Å². The molecule has 0 spiro atoms. The normalized spacial score (nSPS) is 42.0. The number of ether oxygens (including phenoxy) is 1. The molecule has 2 unspecified atom stereocenters. The Balaban J connectivity index is 1.09. The van der Waals surface area contributed by atoms with Crippen LogP contribution in [-0.4, -0.2) is 19.4 Å². The monoisotopic (exact) mass is 450 g/mol. The number of alkyl halides is 1. The van der Waals surface area contributed by atoms with Crippen LogP contribution in [0.3, 0.4) is 0 Å². The minimum absolute atomic E-state index is 0.00154. The summed E-state index contributed by atoms with van der Waals surface area (Å²) >= 11 is 0. The first-order chi connectivity index (χ1) is 15.6. The van der Waals surface area contributed by atoms with Crippen LogP contribution in [0.1, 0.15) is 110 Å². The largest absolute Gasteiger partial charge is 0.378 e. The number of hydrogen-bond acceptors (Lipinski definition) is 1. The van der Waals surface area contributed by atoms with E-state index in [0.29, 0.717) is 6.10 Å². The Bertz CT molecular complexity index is 558. The molecule has 1 nitrogen and oxygen atoms in total. The molecule has 1 aliphatic heterocycles. The molecule has 0 amide bonds. The maximum Gasteiger partial charge on any atom is 0.110 e. The second-order valence-electron chi connectivity index (χ2n) is 12.0. The molecule has 32 heavy (non-hydrogen) atoms. The van der Waals surface area contributed by atoms with Crippen LogP contribution >= 0.6 is 0 Å². The molecule has 1 saturated heterocycles. The Morgan fingerprint density at radius 2 is 1.25 bits per heavy atom. The third-order valence-electron chi connectivity index (χ3n) is 9.93. The Kier molecular flexibility index (Phi) is 9.50. The zero-order valence-electron chi connectivity index (χ0n) is 20.6. The molecule has 1 heterocycles. The van der Waals surface area contributed by atoms with Gasteiger partial charge in [-0.15, -0.1) is 0 Å². The van der Waals surface area contributed by atoms with Crippen LogP contribution in [0.25, 0.3) is 0 Å². The van der Waals surface area contributed by atoms with Crippen molar-refractivity contribution in [3.63, 3.8) is 0 Å². The SMILES string of the molecule is CC1CCC(C2CCC(CCC3CCC(C4CCC(/C(F)=C/CF)CC4)CC3)CC2)OC1. The maximum atomic E-state index is 13.9. The lowest BCUT2D eigenvalue weighted by Crippen LogP contribution is -2.33. The van der Waals surface area contributed by atoms with E-state index in [1.165, 1.54) is 77.0 Å². The molecule has 0 aromatic heterocycles. The molecule has 0 aromatic carbocycles. The molecular formula is C29H48F2O. The molecular weight excluding hydrogens is 402 g/mol. The molecule has 3 heteroatoms. The van der Waals surface area contributed by atoms with Crippen LogP contribution in [0.2, 0.25) is 0 Å². The molecule has 0 radical (unpaired) electrons. The number of hydrogen-bond donors (Lipinski definition) is 0. The van der Waals surface area contributed by atoms with E-state index in [2.05, 4.69) is 6.92 Å². The van der Waals surface area contributed by atoms with E-state index in [4.69, 9.17) is 4.74 Å². The molecule has 2 atom stereocenters. The summed E-state index contributed by atoms with van der Waals surface area (Å²) < 4.78 is 32.4. The topological polar surface area (TPSA) is 9.23 Å². The summed E-state index contributed by atoms with van der Waals surface area (Å²) in [5.74, 6) is 5.00. The first-order valence-electron chi connectivity index (χ1n) is 14.2. The van der Waals surface area contributed by atoms with Crippen molar-refractivity contribution in [3.05, 3.63) is 11.9 Å². The maximum absolute atomic E-state index is 13.9. The lowest BCUT2D eigenvalue weighted by atomic mass is 9.68. The second-order valence-corrected chi connectivity index (χ2v) is 12.0. The number of halogens is 2. The summed E-state index contributed by atoms with van der Waals surface area (Å²) in [6.45, 7) is 2.65. The van der Waals surface area contributed by atoms with Gasteiger partial charge in [0.15, 0.2) is 0 Å². The summed E-state index contributed by atoms with van der Waals surface area (Å²) in [6.07, 6.45) is 22.8. The molecule has 3 aliphatic carbocycles. The van der Waals surface area contributed by atoms with Crippen LogP contribution in [-0.2, 0) is 4.74 Å². The molecule has 4 fully saturated rings. The van der Waals surface area contributed by atoms with Crippen molar-refractivity contribution < 1.29 is 13.5 Å². The van der Waals surface area contributed by atoms with Crippen molar-refractivity contribution >= 4 is 0 Å². The van der Waals surface area contributed by atoms with E-state index >= 15 is 0 Å². The van der Waals surface area contributed by atoms with E-state index in [1.54, 1.807) is 0 Å². The van der Waals surface area contributed by atoms with Crippen LogP contribution in [0.4, 0.5) is 8.78 Å². The number of rotatable bonds is 7. The predicted molar refractivity (Wildman–Crippen MR) is 129 cm³/mol. The lowest BCUT2D eigenvalue weighted by Gasteiger charge is -2.39. The van der Waals surface area contributed by atoms with Gasteiger partial charge in [-0.25, -0.2) is 8.78 Å². The van der Waals surface area contributed by atoms with Crippen LogP contribution in [0.15, 0.2) is 11.9 Å². The molecule has 0 aromatic rings. The highest BCUT2D eigenvalue weighted by Crippen LogP contribution is 2.44. The van der Waals surface area contributed by atoms with Crippen LogP contribution < -0.4 is 0 Å². The van der Waals surface area contributed by atoms with Gasteiger partial charge in [0, 0.05) is 12.5 Å². The predicted octanol–water partition coefficient (Wildman–Crippen LogP) is 8.82. The average Bonchev–Trinajstić information content (AvgIpc) is 2.84. The zero-order valence-corrected chi connectivity index (χ0v) is 20.6. The van der Waals surface area contributed by atoms with Gasteiger partial charge >= 0.3 is 0 Å². The van der Waals surface area contributed by atoms with Gasteiger partial charge in [0.2, 0.25) is 0 Å². The highest BCUT2D eigenvalue weighted by molar-refractivity contribution is 5.00. The Morgan fingerprint density at radius 3 is 1.75 bits per heavy atom. The van der Waals surface area contributed by atoms with Gasteiger partial charge < -0.3 is 4.74 Å². The van der Waals surface area contributed by atoms with Gasteiger partial charge in [-0.2, -0.15) is 0 Å². The van der Waals surface area contributed by atoms with Crippen molar-refractivity contribution in [3.8, 4) is 0 Å². The first-order valence-corrected chi connectivity index (χ1v) is 14.2. The third-order valence-corrected chi connectivity index (χ3v) is 9.93. The van der Waals surface area contributed by atoms with Crippen LogP contribution in [0.5, 0.6) is 0 Å². The Hall–Kier alpha value is -0.440. The highest BCUT2D eigenvalue weighted by atomic mass is 19.1. The van der Waals surface area contributed by atoms with Gasteiger partial charge in [-0.1, -0.05) is 45.4 Å². The Morgan fingerprint density at radius 1 is 0.719 bits per heavy atom. The summed E-state index contributed by atoms with van der Waals surface area (Å²) in [6, 6.07) is 0. The fourth-order valence-corrected chi connectivity index (χ4v) is 7.65. The van der Waals surface area contributed by atoms with E-state index in [1.807, 2.05) is 0 Å². The van der Waals surface area contributed by atoms with E-state index in [0.717, 1.165) is 73.9 Å². The third kappa shape index (κ3) is 6.80. The zero-order chi connectivity index (χ0) is 22.3. The first kappa shape index (κ1) is 24.7. The minimum atomic E-state index is -0.661. The second kappa shape index (κ2) is 12.3. The smallest absolute Gasteiger partial charge is 0.110 e.